The number of carbonyl (C=O) groups excluding carboxylic acids is 1. The SMILES string of the molecule is CCN(C(=O)c1cc(N)ccc1C)c1cccc(C)c1. The minimum atomic E-state index is -0.0112. The van der Waals surface area contributed by atoms with Crippen molar-refractivity contribution in [3.05, 3.63) is 59.2 Å². The van der Waals surface area contributed by atoms with E-state index in [9.17, 15) is 4.79 Å². The van der Waals surface area contributed by atoms with Crippen LogP contribution in [-0.4, -0.2) is 12.5 Å². The molecule has 2 rings (SSSR count). The third kappa shape index (κ3) is 2.82. The molecule has 1 amide bonds. The lowest BCUT2D eigenvalue weighted by Crippen LogP contribution is -2.31. The highest BCUT2D eigenvalue weighted by Crippen LogP contribution is 2.21. The molecule has 2 aromatic rings. The van der Waals surface area contributed by atoms with Gasteiger partial charge in [-0.2, -0.15) is 0 Å². The van der Waals surface area contributed by atoms with Crippen molar-refractivity contribution in [1.29, 1.82) is 0 Å². The van der Waals surface area contributed by atoms with E-state index < -0.39 is 0 Å². The van der Waals surface area contributed by atoms with Gasteiger partial charge in [0.1, 0.15) is 0 Å². The van der Waals surface area contributed by atoms with Crippen molar-refractivity contribution in [2.24, 2.45) is 0 Å². The maximum Gasteiger partial charge on any atom is 0.258 e. The topological polar surface area (TPSA) is 46.3 Å². The van der Waals surface area contributed by atoms with Gasteiger partial charge in [-0.1, -0.05) is 18.2 Å². The summed E-state index contributed by atoms with van der Waals surface area (Å²) in [6, 6.07) is 13.4. The van der Waals surface area contributed by atoms with E-state index in [0.29, 0.717) is 17.8 Å². The van der Waals surface area contributed by atoms with Crippen molar-refractivity contribution in [1.82, 2.24) is 0 Å². The minimum absolute atomic E-state index is 0.0112. The molecule has 0 aromatic heterocycles. The first kappa shape index (κ1) is 14.1. The van der Waals surface area contributed by atoms with Crippen molar-refractivity contribution in [3.63, 3.8) is 0 Å². The van der Waals surface area contributed by atoms with Crippen molar-refractivity contribution in [2.45, 2.75) is 20.8 Å². The molecule has 2 aromatic carbocycles. The van der Waals surface area contributed by atoms with Gasteiger partial charge in [0.05, 0.1) is 0 Å². The zero-order valence-electron chi connectivity index (χ0n) is 12.2. The van der Waals surface area contributed by atoms with Crippen LogP contribution in [-0.2, 0) is 0 Å². The van der Waals surface area contributed by atoms with Gasteiger partial charge in [0.25, 0.3) is 5.91 Å². The van der Waals surface area contributed by atoms with E-state index >= 15 is 0 Å². The first-order valence-electron chi connectivity index (χ1n) is 6.77. The third-order valence-corrected chi connectivity index (χ3v) is 3.37. The number of amides is 1. The summed E-state index contributed by atoms with van der Waals surface area (Å²) in [5, 5.41) is 0. The van der Waals surface area contributed by atoms with Crippen LogP contribution < -0.4 is 10.6 Å². The van der Waals surface area contributed by atoms with Crippen LogP contribution in [0.5, 0.6) is 0 Å². The van der Waals surface area contributed by atoms with Gasteiger partial charge in [0, 0.05) is 23.5 Å². The monoisotopic (exact) mass is 268 g/mol. The molecule has 0 aliphatic carbocycles. The molecule has 104 valence electrons. The maximum absolute atomic E-state index is 12.7. The predicted octanol–water partition coefficient (Wildman–Crippen LogP) is 3.55. The Hall–Kier alpha value is -2.29. The second-order valence-corrected chi connectivity index (χ2v) is 4.96. The van der Waals surface area contributed by atoms with Gasteiger partial charge in [-0.3, -0.25) is 4.79 Å². The fourth-order valence-electron chi connectivity index (χ4n) is 2.25. The molecule has 0 atom stereocenters. The van der Waals surface area contributed by atoms with Gasteiger partial charge in [-0.25, -0.2) is 0 Å². The van der Waals surface area contributed by atoms with Crippen molar-refractivity contribution in [3.8, 4) is 0 Å². The third-order valence-electron chi connectivity index (χ3n) is 3.37. The number of anilines is 2. The molecule has 0 bridgehead atoms. The number of nitrogens with two attached hydrogens (primary N) is 1. The van der Waals surface area contributed by atoms with E-state index in [1.165, 1.54) is 0 Å². The second kappa shape index (κ2) is 5.78. The Morgan fingerprint density at radius 2 is 1.90 bits per heavy atom. The van der Waals surface area contributed by atoms with Crippen molar-refractivity contribution < 1.29 is 4.79 Å². The van der Waals surface area contributed by atoms with E-state index in [0.717, 1.165) is 16.8 Å². The number of hydrogen-bond donors (Lipinski definition) is 1. The van der Waals surface area contributed by atoms with Crippen LogP contribution in [0.2, 0.25) is 0 Å². The maximum atomic E-state index is 12.7. The molecule has 0 saturated heterocycles. The Morgan fingerprint density at radius 3 is 2.55 bits per heavy atom. The first-order valence-corrected chi connectivity index (χ1v) is 6.77. The van der Waals surface area contributed by atoms with Gasteiger partial charge < -0.3 is 10.6 Å². The van der Waals surface area contributed by atoms with Crippen LogP contribution in [0.1, 0.15) is 28.4 Å². The van der Waals surface area contributed by atoms with Gasteiger partial charge in [0.2, 0.25) is 0 Å². The number of hydrogen-bond acceptors (Lipinski definition) is 2. The highest BCUT2D eigenvalue weighted by atomic mass is 16.2. The molecule has 0 aliphatic heterocycles. The molecule has 0 saturated carbocycles. The Kier molecular flexibility index (Phi) is 4.08. The van der Waals surface area contributed by atoms with Gasteiger partial charge in [0.15, 0.2) is 0 Å². The Bertz CT molecular complexity index is 635. The lowest BCUT2D eigenvalue weighted by molar-refractivity contribution is 0.0988. The predicted molar refractivity (Wildman–Crippen MR) is 84.1 cm³/mol. The van der Waals surface area contributed by atoms with Gasteiger partial charge >= 0.3 is 0 Å². The largest absolute Gasteiger partial charge is 0.399 e. The minimum Gasteiger partial charge on any atom is -0.399 e. The van der Waals surface area contributed by atoms with E-state index in [1.54, 1.807) is 11.0 Å². The van der Waals surface area contributed by atoms with Crippen LogP contribution in [0.15, 0.2) is 42.5 Å². The molecular formula is C17H20N2O. The number of aryl methyl sites for hydroxylation is 2. The summed E-state index contributed by atoms with van der Waals surface area (Å²) < 4.78 is 0. The van der Waals surface area contributed by atoms with Crippen molar-refractivity contribution in [2.75, 3.05) is 17.2 Å². The normalized spacial score (nSPS) is 10.3. The summed E-state index contributed by atoms with van der Waals surface area (Å²) >= 11 is 0. The first-order chi connectivity index (χ1) is 9.52. The molecule has 3 nitrogen and oxygen atoms in total. The molecular weight excluding hydrogens is 248 g/mol. The summed E-state index contributed by atoms with van der Waals surface area (Å²) in [4.78, 5) is 14.5. The number of nitrogens with zero attached hydrogens (tertiary/aromatic N) is 1. The van der Waals surface area contributed by atoms with E-state index in [2.05, 4.69) is 0 Å². The molecule has 0 aliphatic rings. The summed E-state index contributed by atoms with van der Waals surface area (Å²) in [6.07, 6.45) is 0. The summed E-state index contributed by atoms with van der Waals surface area (Å²) in [6.45, 7) is 6.54. The molecule has 0 fully saturated rings. The highest BCUT2D eigenvalue weighted by molar-refractivity contribution is 6.07. The Morgan fingerprint density at radius 1 is 1.15 bits per heavy atom. The van der Waals surface area contributed by atoms with E-state index in [1.807, 2.05) is 57.2 Å². The van der Waals surface area contributed by atoms with Crippen LogP contribution >= 0.6 is 0 Å². The zero-order valence-corrected chi connectivity index (χ0v) is 12.2. The second-order valence-electron chi connectivity index (χ2n) is 4.96. The number of nitrogen functional groups attached to an aromatic ring is 1. The van der Waals surface area contributed by atoms with Crippen molar-refractivity contribution >= 4 is 17.3 Å². The molecule has 0 spiro atoms. The van der Waals surface area contributed by atoms with Crippen LogP contribution in [0.25, 0.3) is 0 Å². The Balaban J connectivity index is 2.41. The summed E-state index contributed by atoms with van der Waals surface area (Å²) in [7, 11) is 0. The molecule has 20 heavy (non-hydrogen) atoms. The molecule has 0 heterocycles. The molecule has 0 radical (unpaired) electrons. The zero-order chi connectivity index (χ0) is 14.7. The van der Waals surface area contributed by atoms with E-state index in [-0.39, 0.29) is 5.91 Å². The standard InChI is InChI=1S/C17H20N2O/c1-4-19(15-7-5-6-12(2)10-15)17(20)16-11-14(18)9-8-13(16)3/h5-11H,4,18H2,1-3H3. The number of benzene rings is 2. The lowest BCUT2D eigenvalue weighted by Gasteiger charge is -2.22. The van der Waals surface area contributed by atoms with Crippen LogP contribution in [0.4, 0.5) is 11.4 Å². The fraction of sp³-hybridized carbons (Fsp3) is 0.235. The van der Waals surface area contributed by atoms with E-state index in [4.69, 9.17) is 5.73 Å². The summed E-state index contributed by atoms with van der Waals surface area (Å²) in [5.74, 6) is -0.0112. The van der Waals surface area contributed by atoms with Crippen LogP contribution in [0.3, 0.4) is 0 Å². The van der Waals surface area contributed by atoms with Crippen LogP contribution in [0, 0.1) is 13.8 Å². The molecule has 3 heteroatoms. The quantitative estimate of drug-likeness (QED) is 0.865. The Labute approximate surface area is 120 Å². The summed E-state index contributed by atoms with van der Waals surface area (Å²) in [5.41, 5.74) is 10.1. The fourth-order valence-corrected chi connectivity index (χ4v) is 2.25. The molecule has 2 N–H and O–H groups in total. The van der Waals surface area contributed by atoms with Gasteiger partial charge in [-0.15, -0.1) is 0 Å². The lowest BCUT2D eigenvalue weighted by atomic mass is 10.1. The number of rotatable bonds is 3. The van der Waals surface area contributed by atoms with Gasteiger partial charge in [-0.05, 0) is 56.2 Å². The number of carbonyl (C=O) groups is 1. The average Bonchev–Trinajstić information content (AvgIpc) is 2.42. The average molecular weight is 268 g/mol. The smallest absolute Gasteiger partial charge is 0.258 e. The highest BCUT2D eigenvalue weighted by Gasteiger charge is 2.18. The molecule has 0 unspecified atom stereocenters.